The quantitative estimate of drug-likeness (QED) is 0.454. The Balaban J connectivity index is 0.000001000. The van der Waals surface area contributed by atoms with Crippen LogP contribution >= 0.6 is 0 Å². The normalized spacial score (nSPS) is 14.5. The Morgan fingerprint density at radius 2 is 2.09 bits per heavy atom. The predicted molar refractivity (Wildman–Crippen MR) is 41.3 cm³/mol. The summed E-state index contributed by atoms with van der Waals surface area (Å²) in [5, 5.41) is 0. The van der Waals surface area contributed by atoms with Crippen molar-refractivity contribution in [1.29, 1.82) is 0 Å². The van der Waals surface area contributed by atoms with Gasteiger partial charge in [0.05, 0.1) is 5.57 Å². The molecule has 2 heteroatoms. The van der Waals surface area contributed by atoms with Crippen LogP contribution in [0.1, 0.15) is 13.8 Å². The van der Waals surface area contributed by atoms with Gasteiger partial charge in [-0.15, -0.1) is 0 Å². The first-order valence-electron chi connectivity index (χ1n) is 3.39. The van der Waals surface area contributed by atoms with Crippen molar-refractivity contribution in [3.63, 3.8) is 0 Å². The van der Waals surface area contributed by atoms with Crippen molar-refractivity contribution in [2.45, 2.75) is 13.8 Å². The summed E-state index contributed by atoms with van der Waals surface area (Å²) in [5.41, 5.74) is 1.80. The summed E-state index contributed by atoms with van der Waals surface area (Å²) in [6.45, 7) is 4.13. The summed E-state index contributed by atoms with van der Waals surface area (Å²) in [5.74, 6) is 2.33. The molecular weight excluding hydrogens is 179 g/mol. The van der Waals surface area contributed by atoms with Gasteiger partial charge in [-0.25, -0.2) is 4.79 Å². The Kier molecular flexibility index (Phi) is 4.13. The van der Waals surface area contributed by atoms with E-state index in [9.17, 15) is 4.79 Å². The topological polar surface area (TPSA) is 17.1 Å². The van der Waals surface area contributed by atoms with E-state index in [1.165, 1.54) is 0 Å². The molecule has 0 aromatic heterocycles. The Morgan fingerprint density at radius 1 is 1.45 bits per heavy atom. The van der Waals surface area contributed by atoms with Gasteiger partial charge in [-0.1, -0.05) is 26.0 Å². The molecule has 0 atom stereocenters. The van der Waals surface area contributed by atoms with Crippen LogP contribution in [0.25, 0.3) is 0 Å². The van der Waals surface area contributed by atoms with Gasteiger partial charge in [0.1, 0.15) is 5.94 Å². The minimum atomic E-state index is 0. The number of hydrogen-bond donors (Lipinski definition) is 0. The van der Waals surface area contributed by atoms with Crippen molar-refractivity contribution >= 4 is 5.94 Å². The van der Waals surface area contributed by atoms with Crippen LogP contribution in [-0.4, -0.2) is 5.94 Å². The average molecular weight is 189 g/mol. The molecule has 1 radical (unpaired) electrons. The summed E-state index contributed by atoms with van der Waals surface area (Å²) < 4.78 is 0. The number of carbonyl (C=O) groups excluding carboxylic acids is 1. The summed E-state index contributed by atoms with van der Waals surface area (Å²) in [6.07, 6.45) is 5.64. The monoisotopic (exact) mass is 189 g/mol. The number of allylic oxidation sites excluding steroid dienone is 5. The van der Waals surface area contributed by atoms with E-state index in [0.717, 1.165) is 5.57 Å². The second-order valence-electron chi connectivity index (χ2n) is 2.65. The van der Waals surface area contributed by atoms with Gasteiger partial charge in [0, 0.05) is 17.1 Å². The van der Waals surface area contributed by atoms with Gasteiger partial charge in [0.2, 0.25) is 0 Å². The molecule has 0 aliphatic heterocycles. The fourth-order valence-electron chi connectivity index (χ4n) is 1.03. The first kappa shape index (κ1) is 10.4. The molecule has 0 aromatic rings. The van der Waals surface area contributed by atoms with Crippen molar-refractivity contribution in [3.8, 4) is 0 Å². The van der Waals surface area contributed by atoms with Gasteiger partial charge in [-0.3, -0.25) is 0 Å². The van der Waals surface area contributed by atoms with Crippen molar-refractivity contribution < 1.29 is 21.9 Å². The third-order valence-corrected chi connectivity index (χ3v) is 1.58. The second-order valence-corrected chi connectivity index (χ2v) is 2.65. The molecule has 0 bridgehead atoms. The molecule has 0 amide bonds. The molecule has 0 fully saturated rings. The van der Waals surface area contributed by atoms with Crippen LogP contribution in [0.4, 0.5) is 0 Å². The maximum atomic E-state index is 10.3. The van der Waals surface area contributed by atoms with Crippen molar-refractivity contribution in [1.82, 2.24) is 0 Å². The van der Waals surface area contributed by atoms with Crippen LogP contribution in [-0.2, 0) is 21.9 Å². The molecule has 0 saturated carbocycles. The van der Waals surface area contributed by atoms with Crippen molar-refractivity contribution in [3.05, 3.63) is 29.4 Å². The summed E-state index contributed by atoms with van der Waals surface area (Å²) >= 11 is 0. The molecule has 1 rings (SSSR count). The smallest absolute Gasteiger partial charge is 0.132 e. The predicted octanol–water partition coefficient (Wildman–Crippen LogP) is 1.89. The summed E-state index contributed by atoms with van der Waals surface area (Å²) in [6, 6.07) is 0. The van der Waals surface area contributed by atoms with Crippen LogP contribution < -0.4 is 0 Å². The Bertz CT molecular complexity index is 242. The van der Waals surface area contributed by atoms with Crippen LogP contribution in [0.5, 0.6) is 0 Å². The molecule has 0 N–H and O–H groups in total. The van der Waals surface area contributed by atoms with Gasteiger partial charge < -0.3 is 0 Å². The van der Waals surface area contributed by atoms with E-state index < -0.39 is 0 Å². The molecule has 1 aliphatic carbocycles. The largest absolute Gasteiger partial charge is 0.233 e. The van der Waals surface area contributed by atoms with Crippen molar-refractivity contribution in [2.24, 2.45) is 5.92 Å². The van der Waals surface area contributed by atoms with E-state index in [-0.39, 0.29) is 17.1 Å². The average Bonchev–Trinajstić information content (AvgIpc) is 2.33. The van der Waals surface area contributed by atoms with E-state index in [1.54, 1.807) is 6.08 Å². The van der Waals surface area contributed by atoms with E-state index in [4.69, 9.17) is 0 Å². The van der Waals surface area contributed by atoms with Gasteiger partial charge in [0.15, 0.2) is 0 Å². The third-order valence-electron chi connectivity index (χ3n) is 1.58. The molecule has 0 spiro atoms. The molecule has 0 unspecified atom stereocenters. The van der Waals surface area contributed by atoms with Crippen molar-refractivity contribution in [2.75, 3.05) is 0 Å². The van der Waals surface area contributed by atoms with Crippen LogP contribution in [0.2, 0.25) is 0 Å². The first-order valence-corrected chi connectivity index (χ1v) is 3.39. The molecule has 1 aliphatic rings. The second kappa shape index (κ2) is 4.35. The third kappa shape index (κ3) is 2.20. The molecule has 0 heterocycles. The van der Waals surface area contributed by atoms with Crippen LogP contribution in [0, 0.1) is 5.92 Å². The maximum absolute atomic E-state index is 10.3. The molecular formula is C9H10MnO. The van der Waals surface area contributed by atoms with E-state index in [1.807, 2.05) is 18.1 Å². The van der Waals surface area contributed by atoms with Gasteiger partial charge in [0.25, 0.3) is 0 Å². The zero-order valence-corrected chi connectivity index (χ0v) is 7.78. The molecule has 1 nitrogen and oxygen atoms in total. The maximum Gasteiger partial charge on any atom is 0.132 e. The van der Waals surface area contributed by atoms with E-state index >= 15 is 0 Å². The Morgan fingerprint density at radius 3 is 2.45 bits per heavy atom. The minimum Gasteiger partial charge on any atom is -0.233 e. The number of rotatable bonds is 1. The minimum absolute atomic E-state index is 0. The fourth-order valence-corrected chi connectivity index (χ4v) is 1.03. The van der Waals surface area contributed by atoms with Crippen LogP contribution in [0.15, 0.2) is 29.4 Å². The fraction of sp³-hybridized carbons (Fsp3) is 0.333. The Labute approximate surface area is 77.3 Å². The van der Waals surface area contributed by atoms with E-state index in [2.05, 4.69) is 13.8 Å². The Hall–Kier alpha value is -0.551. The van der Waals surface area contributed by atoms with Gasteiger partial charge in [-0.2, -0.15) is 0 Å². The molecule has 0 saturated heterocycles. The molecule has 59 valence electrons. The standard InChI is InChI=1S/C9H10O.Mn/c1-7(2)9-5-3-4-8(9)6-10;/h3-5,7H,1-2H3;. The summed E-state index contributed by atoms with van der Waals surface area (Å²) in [4.78, 5) is 10.3. The van der Waals surface area contributed by atoms with E-state index in [0.29, 0.717) is 11.5 Å². The zero-order chi connectivity index (χ0) is 7.56. The number of hydrogen-bond acceptors (Lipinski definition) is 1. The van der Waals surface area contributed by atoms with Gasteiger partial charge in [-0.05, 0) is 17.6 Å². The molecule has 0 aromatic carbocycles. The van der Waals surface area contributed by atoms with Crippen LogP contribution in [0.3, 0.4) is 0 Å². The molecule has 11 heavy (non-hydrogen) atoms. The first-order chi connectivity index (χ1) is 4.75. The SMILES string of the molecule is CC(C)C1=CC=CC1=C=O.[Mn]. The van der Waals surface area contributed by atoms with Gasteiger partial charge >= 0.3 is 0 Å². The summed E-state index contributed by atoms with van der Waals surface area (Å²) in [7, 11) is 0. The zero-order valence-electron chi connectivity index (χ0n) is 6.60.